The van der Waals surface area contributed by atoms with E-state index in [1.807, 2.05) is 24.8 Å². The van der Waals surface area contributed by atoms with Crippen LogP contribution in [-0.2, 0) is 14.6 Å². The molecule has 1 aliphatic carbocycles. The summed E-state index contributed by atoms with van der Waals surface area (Å²) in [5.74, 6) is 0.888. The van der Waals surface area contributed by atoms with Crippen molar-refractivity contribution in [1.29, 1.82) is 0 Å². The second kappa shape index (κ2) is 7.82. The van der Waals surface area contributed by atoms with E-state index in [1.165, 1.54) is 37.4 Å². The van der Waals surface area contributed by atoms with Gasteiger partial charge in [-0.15, -0.1) is 0 Å². The van der Waals surface area contributed by atoms with E-state index in [-0.39, 0.29) is 28.7 Å². The van der Waals surface area contributed by atoms with Crippen molar-refractivity contribution in [2.75, 3.05) is 16.4 Å². The fraction of sp³-hybridized carbons (Fsp3) is 0.619. The average molecular weight is 421 g/mol. The molecule has 1 aromatic carbocycles. The third-order valence-corrected chi connectivity index (χ3v) is 9.36. The molecule has 7 heteroatoms. The fourth-order valence-corrected chi connectivity index (χ4v) is 8.54. The summed E-state index contributed by atoms with van der Waals surface area (Å²) in [6.45, 7) is 4.05. The van der Waals surface area contributed by atoms with Gasteiger partial charge in [-0.1, -0.05) is 49.6 Å². The van der Waals surface area contributed by atoms with E-state index in [4.69, 9.17) is 0 Å². The molecule has 0 N–H and O–H groups in total. The molecule has 5 nitrogen and oxygen atoms in total. The number of aliphatic imine (C=N–C) groups is 1. The summed E-state index contributed by atoms with van der Waals surface area (Å²) in [4.78, 5) is 19.1. The maximum absolute atomic E-state index is 12.6. The first-order valence-corrected chi connectivity index (χ1v) is 12.9. The molecular formula is C21H28N2O3S2. The van der Waals surface area contributed by atoms with Gasteiger partial charge in [-0.25, -0.2) is 8.42 Å². The molecule has 3 aliphatic rings. The summed E-state index contributed by atoms with van der Waals surface area (Å²) in [5, 5.41) is 0.626. The largest absolute Gasteiger partial charge is 0.315 e. The predicted molar refractivity (Wildman–Crippen MR) is 116 cm³/mol. The number of sulfone groups is 1. The average Bonchev–Trinajstić information content (AvgIpc) is 3.30. The zero-order chi connectivity index (χ0) is 19.9. The molecule has 2 heterocycles. The van der Waals surface area contributed by atoms with Gasteiger partial charge in [0.25, 0.3) is 0 Å². The molecule has 4 rings (SSSR count). The number of hydrogen-bond donors (Lipinski definition) is 0. The highest BCUT2D eigenvalue weighted by molar-refractivity contribution is 8.16. The van der Waals surface area contributed by atoms with Crippen molar-refractivity contribution in [3.05, 3.63) is 29.3 Å². The molecule has 3 fully saturated rings. The highest BCUT2D eigenvalue weighted by Gasteiger charge is 2.49. The lowest BCUT2D eigenvalue weighted by atomic mass is 10.0. The lowest BCUT2D eigenvalue weighted by Gasteiger charge is -2.26. The van der Waals surface area contributed by atoms with E-state index in [9.17, 15) is 13.2 Å². The fourth-order valence-electron chi connectivity index (χ4n) is 4.61. The Hall–Kier alpha value is -1.34. The van der Waals surface area contributed by atoms with Crippen molar-refractivity contribution in [2.45, 2.75) is 63.7 Å². The summed E-state index contributed by atoms with van der Waals surface area (Å²) >= 11 is 1.46. The predicted octanol–water partition coefficient (Wildman–Crippen LogP) is 3.88. The van der Waals surface area contributed by atoms with Crippen LogP contribution in [0.1, 0.15) is 49.7 Å². The number of fused-ring (bicyclic) bond motifs is 1. The van der Waals surface area contributed by atoms with Gasteiger partial charge in [-0.2, -0.15) is 4.99 Å². The van der Waals surface area contributed by atoms with Gasteiger partial charge >= 0.3 is 0 Å². The quantitative estimate of drug-likeness (QED) is 0.740. The first-order chi connectivity index (χ1) is 13.3. The van der Waals surface area contributed by atoms with Crippen LogP contribution in [0.2, 0.25) is 0 Å². The van der Waals surface area contributed by atoms with Crippen molar-refractivity contribution in [1.82, 2.24) is 0 Å². The monoisotopic (exact) mass is 420 g/mol. The molecule has 0 aromatic heterocycles. The number of aryl methyl sites for hydroxylation is 2. The zero-order valence-electron chi connectivity index (χ0n) is 16.6. The number of hydrogen-bond acceptors (Lipinski definition) is 4. The maximum Gasteiger partial charge on any atom is 0.248 e. The molecular weight excluding hydrogens is 392 g/mol. The standard InChI is InChI=1S/C21H28N2O3S2/c1-14-7-8-15(2)17(11-14)23-18-12-28(25,26)13-19(18)27-21(23)22-20(24)10-9-16-5-3-4-6-16/h7-8,11,16,18-19H,3-6,9-10,12-13H2,1-2H3. The van der Waals surface area contributed by atoms with Crippen LogP contribution >= 0.6 is 11.8 Å². The van der Waals surface area contributed by atoms with E-state index < -0.39 is 9.84 Å². The highest BCUT2D eigenvalue weighted by atomic mass is 32.2. The van der Waals surface area contributed by atoms with Gasteiger partial charge in [0.05, 0.1) is 17.5 Å². The third kappa shape index (κ3) is 4.15. The SMILES string of the molecule is Cc1ccc(C)c(N2C(=NC(=O)CCC3CCCC3)SC3CS(=O)(=O)CC32)c1. The normalized spacial score (nSPS) is 28.2. The topological polar surface area (TPSA) is 66.8 Å². The van der Waals surface area contributed by atoms with Crippen molar-refractivity contribution in [2.24, 2.45) is 10.9 Å². The maximum atomic E-state index is 12.6. The molecule has 0 radical (unpaired) electrons. The van der Waals surface area contributed by atoms with Crippen LogP contribution in [0, 0.1) is 19.8 Å². The number of carbonyl (C=O) groups is 1. The Labute approximate surface area is 171 Å². The number of amides is 1. The molecule has 28 heavy (non-hydrogen) atoms. The van der Waals surface area contributed by atoms with Crippen LogP contribution in [0.4, 0.5) is 5.69 Å². The molecule has 2 aliphatic heterocycles. The summed E-state index contributed by atoms with van der Waals surface area (Å²) in [6.07, 6.45) is 6.43. The first kappa shape index (κ1) is 20.0. The Morgan fingerprint density at radius 1 is 1.21 bits per heavy atom. The van der Waals surface area contributed by atoms with E-state index in [2.05, 4.69) is 17.1 Å². The van der Waals surface area contributed by atoms with Gasteiger partial charge in [-0.3, -0.25) is 4.79 Å². The molecule has 1 amide bonds. The molecule has 2 unspecified atom stereocenters. The van der Waals surface area contributed by atoms with Crippen molar-refractivity contribution in [3.8, 4) is 0 Å². The second-order valence-electron chi connectivity index (χ2n) is 8.44. The highest BCUT2D eigenvalue weighted by Crippen LogP contribution is 2.42. The van der Waals surface area contributed by atoms with E-state index in [1.54, 1.807) is 0 Å². The summed E-state index contributed by atoms with van der Waals surface area (Å²) < 4.78 is 24.4. The first-order valence-electron chi connectivity index (χ1n) is 10.2. The number of anilines is 1. The van der Waals surface area contributed by atoms with Crippen molar-refractivity contribution in [3.63, 3.8) is 0 Å². The minimum Gasteiger partial charge on any atom is -0.315 e. The summed E-state index contributed by atoms with van der Waals surface area (Å²) in [6, 6.07) is 6.03. The minimum absolute atomic E-state index is 0.0497. The molecule has 2 saturated heterocycles. The van der Waals surface area contributed by atoms with Gasteiger partial charge in [0.1, 0.15) is 0 Å². The Morgan fingerprint density at radius 3 is 2.71 bits per heavy atom. The van der Waals surface area contributed by atoms with Crippen molar-refractivity contribution < 1.29 is 13.2 Å². The molecule has 0 spiro atoms. The Balaban J connectivity index is 1.60. The van der Waals surface area contributed by atoms with Crippen molar-refractivity contribution >= 4 is 38.4 Å². The number of carbonyl (C=O) groups excluding carboxylic acids is 1. The van der Waals surface area contributed by atoms with Gasteiger partial charge < -0.3 is 4.90 Å². The van der Waals surface area contributed by atoms with Crippen LogP contribution in [0.3, 0.4) is 0 Å². The van der Waals surface area contributed by atoms with Crippen LogP contribution in [0.15, 0.2) is 23.2 Å². The summed E-state index contributed by atoms with van der Waals surface area (Å²) in [5.41, 5.74) is 3.16. The number of thioether (sulfide) groups is 1. The van der Waals surface area contributed by atoms with Crippen LogP contribution in [0.25, 0.3) is 0 Å². The molecule has 152 valence electrons. The van der Waals surface area contributed by atoms with E-state index >= 15 is 0 Å². The smallest absolute Gasteiger partial charge is 0.248 e. The Bertz CT molecular complexity index is 904. The van der Waals surface area contributed by atoms with Gasteiger partial charge in [0.2, 0.25) is 5.91 Å². The lowest BCUT2D eigenvalue weighted by Crippen LogP contribution is -2.38. The molecule has 1 saturated carbocycles. The number of amidine groups is 1. The zero-order valence-corrected chi connectivity index (χ0v) is 18.2. The molecule has 2 atom stereocenters. The van der Waals surface area contributed by atoms with Gasteiger partial charge in [0, 0.05) is 17.4 Å². The third-order valence-electron chi connectivity index (χ3n) is 6.15. The molecule has 0 bridgehead atoms. The van der Waals surface area contributed by atoms with Crippen LogP contribution in [0.5, 0.6) is 0 Å². The number of rotatable bonds is 4. The Morgan fingerprint density at radius 2 is 1.96 bits per heavy atom. The minimum atomic E-state index is -3.05. The second-order valence-corrected chi connectivity index (χ2v) is 11.8. The van der Waals surface area contributed by atoms with Crippen LogP contribution < -0.4 is 4.90 Å². The number of benzene rings is 1. The summed E-state index contributed by atoms with van der Waals surface area (Å²) in [7, 11) is -3.05. The molecule has 1 aromatic rings. The van der Waals surface area contributed by atoms with Gasteiger partial charge in [0.15, 0.2) is 15.0 Å². The van der Waals surface area contributed by atoms with E-state index in [0.717, 1.165) is 23.2 Å². The number of nitrogens with zero attached hydrogens (tertiary/aromatic N) is 2. The van der Waals surface area contributed by atoms with E-state index in [0.29, 0.717) is 17.5 Å². The Kier molecular flexibility index (Phi) is 5.58. The van der Waals surface area contributed by atoms with Gasteiger partial charge in [-0.05, 0) is 43.4 Å². The van der Waals surface area contributed by atoms with Crippen LogP contribution in [-0.4, -0.2) is 42.3 Å². The lowest BCUT2D eigenvalue weighted by molar-refractivity contribution is -0.118.